The molecule has 12 aromatic rings. The van der Waals surface area contributed by atoms with Crippen LogP contribution in [0.4, 0.5) is 0 Å². The first-order valence-electron chi connectivity index (χ1n) is 17.5. The van der Waals surface area contributed by atoms with Crippen molar-refractivity contribution in [2.45, 2.75) is 5.66 Å². The van der Waals surface area contributed by atoms with E-state index in [2.05, 4.69) is 151 Å². The van der Waals surface area contributed by atoms with Crippen molar-refractivity contribution >= 4 is 108 Å². The fourth-order valence-corrected chi connectivity index (χ4v) is 11.8. The monoisotopic (exact) mass is 666 g/mol. The van der Waals surface area contributed by atoms with Crippen LogP contribution in [0.3, 0.4) is 0 Å². The summed E-state index contributed by atoms with van der Waals surface area (Å²) in [4.78, 5) is 0. The van der Waals surface area contributed by atoms with Gasteiger partial charge in [0.2, 0.25) is 0 Å². The molecule has 3 aliphatic heterocycles. The Labute approximate surface area is 291 Å². The van der Waals surface area contributed by atoms with Gasteiger partial charge in [-0.2, -0.15) is 17.9 Å². The van der Waals surface area contributed by atoms with E-state index in [1.807, 2.05) is 11.3 Å². The van der Waals surface area contributed by atoms with E-state index in [0.717, 1.165) is 11.5 Å². The highest BCUT2D eigenvalue weighted by molar-refractivity contribution is 7.25. The molecule has 0 saturated heterocycles. The molecule has 8 heterocycles. The molecule has 7 aromatic carbocycles. The second-order valence-electron chi connectivity index (χ2n) is 14.4. The lowest BCUT2D eigenvalue weighted by Crippen LogP contribution is -2.71. The van der Waals surface area contributed by atoms with Crippen LogP contribution < -0.4 is 13.9 Å². The number of nitrogens with zero attached hydrogens (tertiary/aromatic N) is 4. The summed E-state index contributed by atoms with van der Waals surface area (Å²) in [5, 5.41) is 10.2. The maximum atomic E-state index is 7.07. The second-order valence-corrected chi connectivity index (χ2v) is 15.5. The molecule has 1 atom stereocenters. The van der Waals surface area contributed by atoms with Gasteiger partial charge >= 0.3 is 17.0 Å². The standard InChI is InChI=1S/C45H22N4OS/c1-3-11-29-23(9-1)25-17-19-35-41-39(25)43-46(29)30-12-4-6-14-32(30)48(43)45(41)42-36(50-35)20-18-26-27-21-28-24-10-2-8-16-37(24)51-38(28)22-34(27)47-31-13-5-7-15-33(31)49(45)44(47)40(26)42/h1-22H/q+2. The molecule has 5 nitrogen and oxygen atoms in total. The third-order valence-corrected chi connectivity index (χ3v) is 13.5. The second kappa shape index (κ2) is 7.63. The predicted octanol–water partition coefficient (Wildman–Crippen LogP) is 10.1. The molecule has 15 rings (SSSR count). The molecule has 0 bridgehead atoms. The van der Waals surface area contributed by atoms with Crippen LogP contribution in [0.5, 0.6) is 11.5 Å². The summed E-state index contributed by atoms with van der Waals surface area (Å²) in [6.45, 7) is 0. The van der Waals surface area contributed by atoms with Crippen molar-refractivity contribution in [2.75, 3.05) is 0 Å². The Balaban J connectivity index is 1.28. The fourth-order valence-electron chi connectivity index (χ4n) is 10.7. The molecule has 6 heteroatoms. The van der Waals surface area contributed by atoms with E-state index in [1.165, 1.54) is 108 Å². The number of imidazole rings is 2. The predicted molar refractivity (Wildman–Crippen MR) is 205 cm³/mol. The SMILES string of the molecule is c1ccc2c(c1)sc1cc3c(cc12)c1ccc2c4c1c1n3c3ccccc3[n+]1C41c3c(ccc4c5ccccc5n5c6ccccc6[n+]1c5c34)O2. The number of hydrogen-bond donors (Lipinski definition) is 0. The highest BCUT2D eigenvalue weighted by Gasteiger charge is 2.67. The molecule has 5 aromatic heterocycles. The maximum absolute atomic E-state index is 7.07. The average molecular weight is 667 g/mol. The van der Waals surface area contributed by atoms with Crippen molar-refractivity contribution in [3.05, 3.63) is 145 Å². The number of benzene rings is 7. The van der Waals surface area contributed by atoms with Gasteiger partial charge in [0, 0.05) is 47.8 Å². The molecule has 1 spiro atoms. The molecule has 0 aliphatic carbocycles. The number of pyridine rings is 2. The maximum Gasteiger partial charge on any atom is 0.316 e. The molecule has 3 aliphatic rings. The third kappa shape index (κ3) is 2.33. The quantitative estimate of drug-likeness (QED) is 0.117. The number of para-hydroxylation sites is 5. The lowest BCUT2D eigenvalue weighted by atomic mass is 9.84. The first kappa shape index (κ1) is 24.6. The van der Waals surface area contributed by atoms with E-state index in [1.54, 1.807) is 0 Å². The van der Waals surface area contributed by atoms with Gasteiger partial charge in [0.15, 0.2) is 22.1 Å². The first-order valence-corrected chi connectivity index (χ1v) is 18.4. The Bertz CT molecular complexity index is 3750. The normalized spacial score (nSPS) is 16.9. The number of hydrogen-bond acceptors (Lipinski definition) is 2. The molecule has 232 valence electrons. The summed E-state index contributed by atoms with van der Waals surface area (Å²) in [6, 6.07) is 49.7. The minimum absolute atomic E-state index is 0.700. The number of thiophene rings is 1. The van der Waals surface area contributed by atoms with E-state index in [9.17, 15) is 0 Å². The Hall–Kier alpha value is -6.50. The van der Waals surface area contributed by atoms with Gasteiger partial charge in [-0.25, -0.2) is 0 Å². The van der Waals surface area contributed by atoms with Crippen LogP contribution in [-0.2, 0) is 5.66 Å². The van der Waals surface area contributed by atoms with Gasteiger partial charge in [-0.05, 0) is 66.7 Å². The van der Waals surface area contributed by atoms with Crippen molar-refractivity contribution in [3.8, 4) is 11.5 Å². The van der Waals surface area contributed by atoms with Crippen LogP contribution >= 0.6 is 11.3 Å². The van der Waals surface area contributed by atoms with Crippen LogP contribution in [0.25, 0.3) is 96.9 Å². The lowest BCUT2D eigenvalue weighted by molar-refractivity contribution is -0.923. The van der Waals surface area contributed by atoms with Crippen molar-refractivity contribution < 1.29 is 13.9 Å². The van der Waals surface area contributed by atoms with Gasteiger partial charge in [-0.15, -0.1) is 11.3 Å². The summed E-state index contributed by atoms with van der Waals surface area (Å²) in [5.74, 6) is 1.86. The molecule has 0 N–H and O–H groups in total. The highest BCUT2D eigenvalue weighted by Crippen LogP contribution is 2.59. The summed E-state index contributed by atoms with van der Waals surface area (Å²) < 4.78 is 20.1. The van der Waals surface area contributed by atoms with Gasteiger partial charge in [0.05, 0.1) is 10.8 Å². The van der Waals surface area contributed by atoms with Crippen molar-refractivity contribution in [1.82, 2.24) is 8.80 Å². The largest absolute Gasteiger partial charge is 0.456 e. The molecular weight excluding hydrogens is 645 g/mol. The zero-order chi connectivity index (χ0) is 32.5. The first-order chi connectivity index (χ1) is 25.3. The van der Waals surface area contributed by atoms with E-state index < -0.39 is 5.66 Å². The zero-order valence-electron chi connectivity index (χ0n) is 26.8. The van der Waals surface area contributed by atoms with E-state index in [-0.39, 0.29) is 0 Å². The smallest absolute Gasteiger partial charge is 0.316 e. The Morgan fingerprint density at radius 1 is 0.451 bits per heavy atom. The molecule has 51 heavy (non-hydrogen) atoms. The van der Waals surface area contributed by atoms with E-state index >= 15 is 0 Å². The van der Waals surface area contributed by atoms with Crippen LogP contribution in [-0.4, -0.2) is 8.80 Å². The van der Waals surface area contributed by atoms with Crippen LogP contribution in [0, 0.1) is 0 Å². The minimum atomic E-state index is -0.700. The zero-order valence-corrected chi connectivity index (χ0v) is 27.6. The molecular formula is C45H22N4OS+2. The fraction of sp³-hybridized carbons (Fsp3) is 0.0222. The molecule has 0 radical (unpaired) electrons. The van der Waals surface area contributed by atoms with Gasteiger partial charge in [0.25, 0.3) is 0 Å². The van der Waals surface area contributed by atoms with Crippen LogP contribution in [0.15, 0.2) is 133 Å². The van der Waals surface area contributed by atoms with Crippen molar-refractivity contribution in [2.24, 2.45) is 0 Å². The summed E-state index contributed by atoms with van der Waals surface area (Å²) >= 11 is 1.89. The minimum Gasteiger partial charge on any atom is -0.456 e. The lowest BCUT2D eigenvalue weighted by Gasteiger charge is -2.31. The highest BCUT2D eigenvalue weighted by atomic mass is 32.1. The number of aromatic nitrogens is 4. The number of fused-ring (bicyclic) bond motifs is 15. The number of ether oxygens (including phenoxy) is 1. The van der Waals surface area contributed by atoms with E-state index in [0.29, 0.717) is 0 Å². The summed E-state index contributed by atoms with van der Waals surface area (Å²) in [7, 11) is 0. The molecule has 1 unspecified atom stereocenters. The summed E-state index contributed by atoms with van der Waals surface area (Å²) in [5.41, 5.74) is 11.5. The molecule has 0 saturated carbocycles. The van der Waals surface area contributed by atoms with Crippen molar-refractivity contribution in [3.63, 3.8) is 0 Å². The van der Waals surface area contributed by atoms with Gasteiger partial charge in [-0.3, -0.25) is 0 Å². The Kier molecular flexibility index (Phi) is 3.68. The Morgan fingerprint density at radius 2 is 1.02 bits per heavy atom. The van der Waals surface area contributed by atoms with Gasteiger partial charge < -0.3 is 4.74 Å². The average Bonchev–Trinajstić information content (AvgIpc) is 3.96. The van der Waals surface area contributed by atoms with Crippen LogP contribution in [0.1, 0.15) is 11.1 Å². The van der Waals surface area contributed by atoms with Crippen LogP contribution in [0.2, 0.25) is 0 Å². The topological polar surface area (TPSA) is 25.8 Å². The van der Waals surface area contributed by atoms with E-state index in [4.69, 9.17) is 4.74 Å². The third-order valence-electron chi connectivity index (χ3n) is 12.4. The Morgan fingerprint density at radius 3 is 1.73 bits per heavy atom. The number of rotatable bonds is 0. The molecule has 0 amide bonds. The van der Waals surface area contributed by atoms with Gasteiger partial charge in [-0.1, -0.05) is 60.7 Å². The van der Waals surface area contributed by atoms with Crippen molar-refractivity contribution in [1.29, 1.82) is 0 Å². The summed E-state index contributed by atoms with van der Waals surface area (Å²) in [6.07, 6.45) is 0. The van der Waals surface area contributed by atoms with Gasteiger partial charge in [0.1, 0.15) is 33.7 Å². The molecule has 0 fully saturated rings.